The second kappa shape index (κ2) is 4.63. The van der Waals surface area contributed by atoms with Crippen LogP contribution in [-0.4, -0.2) is 14.4 Å². The Morgan fingerprint density at radius 2 is 1.85 bits per heavy atom. The van der Waals surface area contributed by atoms with E-state index in [9.17, 15) is 8.78 Å². The van der Waals surface area contributed by atoms with E-state index < -0.39 is 11.6 Å². The Labute approximate surface area is 122 Å². The molecule has 0 saturated carbocycles. The SMILES string of the molecule is Cc1nc2nc(-c3ccc(F)c(F)c3)cn2c(C)c1Br. The number of aryl methyl sites for hydroxylation is 2. The van der Waals surface area contributed by atoms with Crippen molar-refractivity contribution in [2.75, 3.05) is 0 Å². The zero-order valence-corrected chi connectivity index (χ0v) is 12.4. The van der Waals surface area contributed by atoms with E-state index in [1.807, 2.05) is 18.2 Å². The molecule has 3 rings (SSSR count). The van der Waals surface area contributed by atoms with Gasteiger partial charge in [0.25, 0.3) is 0 Å². The second-order valence-corrected chi connectivity index (χ2v) is 5.31. The van der Waals surface area contributed by atoms with Crippen LogP contribution in [0.3, 0.4) is 0 Å². The van der Waals surface area contributed by atoms with Crippen molar-refractivity contribution in [2.45, 2.75) is 13.8 Å². The molecule has 20 heavy (non-hydrogen) atoms. The van der Waals surface area contributed by atoms with Crippen molar-refractivity contribution >= 4 is 21.7 Å². The number of halogens is 3. The molecule has 0 aliphatic carbocycles. The number of hydrogen-bond donors (Lipinski definition) is 0. The summed E-state index contributed by atoms with van der Waals surface area (Å²) in [4.78, 5) is 8.72. The fourth-order valence-corrected chi connectivity index (χ4v) is 2.34. The van der Waals surface area contributed by atoms with Crippen molar-refractivity contribution in [1.29, 1.82) is 0 Å². The van der Waals surface area contributed by atoms with Gasteiger partial charge in [0.2, 0.25) is 5.78 Å². The van der Waals surface area contributed by atoms with Crippen LogP contribution in [0.15, 0.2) is 28.9 Å². The van der Waals surface area contributed by atoms with Crippen molar-refractivity contribution in [3.63, 3.8) is 0 Å². The van der Waals surface area contributed by atoms with Crippen LogP contribution in [0.5, 0.6) is 0 Å². The Balaban J connectivity index is 2.23. The van der Waals surface area contributed by atoms with Crippen molar-refractivity contribution < 1.29 is 8.78 Å². The summed E-state index contributed by atoms with van der Waals surface area (Å²) in [7, 11) is 0. The molecule has 0 bridgehead atoms. The first-order chi connectivity index (χ1) is 9.47. The Bertz CT molecular complexity index is 827. The van der Waals surface area contributed by atoms with Crippen LogP contribution < -0.4 is 0 Å². The van der Waals surface area contributed by atoms with E-state index in [-0.39, 0.29) is 0 Å². The number of benzene rings is 1. The highest BCUT2D eigenvalue weighted by atomic mass is 79.9. The van der Waals surface area contributed by atoms with E-state index >= 15 is 0 Å². The van der Waals surface area contributed by atoms with Gasteiger partial charge in [-0.25, -0.2) is 18.7 Å². The highest BCUT2D eigenvalue weighted by molar-refractivity contribution is 9.10. The van der Waals surface area contributed by atoms with Gasteiger partial charge in [-0.2, -0.15) is 0 Å². The maximum atomic E-state index is 13.3. The molecule has 6 heteroatoms. The highest BCUT2D eigenvalue weighted by Crippen LogP contribution is 2.25. The minimum absolute atomic E-state index is 0.516. The van der Waals surface area contributed by atoms with Crippen molar-refractivity contribution in [3.8, 4) is 11.3 Å². The normalized spacial score (nSPS) is 11.2. The van der Waals surface area contributed by atoms with Crippen LogP contribution in [0.4, 0.5) is 8.78 Å². The molecule has 3 nitrogen and oxygen atoms in total. The largest absolute Gasteiger partial charge is 0.287 e. The predicted molar refractivity (Wildman–Crippen MR) is 75.5 cm³/mol. The average Bonchev–Trinajstić information content (AvgIpc) is 2.83. The summed E-state index contributed by atoms with van der Waals surface area (Å²) >= 11 is 3.47. The average molecular weight is 338 g/mol. The molecule has 0 saturated heterocycles. The van der Waals surface area contributed by atoms with Crippen molar-refractivity contribution in [1.82, 2.24) is 14.4 Å². The molecule has 0 aliphatic heterocycles. The summed E-state index contributed by atoms with van der Waals surface area (Å²) in [5.74, 6) is -1.23. The summed E-state index contributed by atoms with van der Waals surface area (Å²) in [5.41, 5.74) is 2.85. The van der Waals surface area contributed by atoms with E-state index in [1.54, 1.807) is 6.20 Å². The summed E-state index contributed by atoms with van der Waals surface area (Å²) in [6, 6.07) is 3.72. The van der Waals surface area contributed by atoms with Gasteiger partial charge < -0.3 is 0 Å². The van der Waals surface area contributed by atoms with E-state index in [4.69, 9.17) is 0 Å². The molecule has 0 spiro atoms. The molecule has 0 fully saturated rings. The van der Waals surface area contributed by atoms with Crippen molar-refractivity contribution in [3.05, 3.63) is 51.9 Å². The Kier molecular flexibility index (Phi) is 3.05. The maximum absolute atomic E-state index is 13.3. The fraction of sp³-hybridized carbons (Fsp3) is 0.143. The van der Waals surface area contributed by atoms with Gasteiger partial charge in [0, 0.05) is 17.5 Å². The molecular formula is C14H10BrF2N3. The van der Waals surface area contributed by atoms with E-state index in [1.165, 1.54) is 6.07 Å². The zero-order chi connectivity index (χ0) is 14.4. The lowest BCUT2D eigenvalue weighted by atomic mass is 10.1. The molecule has 0 unspecified atom stereocenters. The number of hydrogen-bond acceptors (Lipinski definition) is 2. The summed E-state index contributed by atoms with van der Waals surface area (Å²) in [5, 5.41) is 0. The molecule has 0 aliphatic rings. The number of fused-ring (bicyclic) bond motifs is 1. The molecule has 3 aromatic rings. The first-order valence-corrected chi connectivity index (χ1v) is 6.74. The minimum atomic E-state index is -0.887. The first-order valence-electron chi connectivity index (χ1n) is 5.94. The van der Waals surface area contributed by atoms with Gasteiger partial charge in [-0.1, -0.05) is 0 Å². The lowest BCUT2D eigenvalue weighted by Gasteiger charge is -2.04. The van der Waals surface area contributed by atoms with E-state index in [0.717, 1.165) is 28.0 Å². The van der Waals surface area contributed by atoms with Gasteiger partial charge in [0.05, 0.1) is 15.9 Å². The molecule has 102 valence electrons. The quantitative estimate of drug-likeness (QED) is 0.670. The van der Waals surface area contributed by atoms with E-state index in [2.05, 4.69) is 25.9 Å². The third-order valence-electron chi connectivity index (χ3n) is 3.17. The molecular weight excluding hydrogens is 328 g/mol. The smallest absolute Gasteiger partial charge is 0.234 e. The molecule has 1 aromatic carbocycles. The Morgan fingerprint density at radius 3 is 2.55 bits per heavy atom. The summed E-state index contributed by atoms with van der Waals surface area (Å²) < 4.78 is 29.0. The first kappa shape index (κ1) is 13.2. The van der Waals surface area contributed by atoms with Crippen LogP contribution in [0.25, 0.3) is 17.0 Å². The number of nitrogens with zero attached hydrogens (tertiary/aromatic N) is 3. The Morgan fingerprint density at radius 1 is 1.10 bits per heavy atom. The van der Waals surface area contributed by atoms with E-state index in [0.29, 0.717) is 17.0 Å². The molecule has 0 N–H and O–H groups in total. The van der Waals surface area contributed by atoms with Gasteiger partial charge >= 0.3 is 0 Å². The molecule has 0 amide bonds. The third-order valence-corrected chi connectivity index (χ3v) is 4.31. The van der Waals surface area contributed by atoms with Gasteiger partial charge in [-0.3, -0.25) is 4.40 Å². The van der Waals surface area contributed by atoms with Gasteiger partial charge in [0.1, 0.15) is 0 Å². The molecule has 2 aromatic heterocycles. The topological polar surface area (TPSA) is 30.2 Å². The highest BCUT2D eigenvalue weighted by Gasteiger charge is 2.12. The Hall–Kier alpha value is -1.82. The molecule has 2 heterocycles. The monoisotopic (exact) mass is 337 g/mol. The molecule has 0 radical (unpaired) electrons. The standard InChI is InChI=1S/C14H10BrF2N3/c1-7-13(15)8(2)20-6-12(19-14(20)18-7)9-3-4-10(16)11(17)5-9/h3-6H,1-2H3. The lowest BCUT2D eigenvalue weighted by molar-refractivity contribution is 0.509. The summed E-state index contributed by atoms with van der Waals surface area (Å²) in [6.45, 7) is 3.81. The van der Waals surface area contributed by atoms with Crippen LogP contribution in [0.1, 0.15) is 11.4 Å². The fourth-order valence-electron chi connectivity index (χ4n) is 2.06. The van der Waals surface area contributed by atoms with Crippen molar-refractivity contribution in [2.24, 2.45) is 0 Å². The van der Waals surface area contributed by atoms with Gasteiger partial charge in [-0.05, 0) is 48.0 Å². The second-order valence-electron chi connectivity index (χ2n) is 4.52. The van der Waals surface area contributed by atoms with Crippen LogP contribution in [0.2, 0.25) is 0 Å². The zero-order valence-electron chi connectivity index (χ0n) is 10.8. The third kappa shape index (κ3) is 2.00. The summed E-state index contributed by atoms with van der Waals surface area (Å²) in [6.07, 6.45) is 1.76. The molecule has 0 atom stereocenters. The van der Waals surface area contributed by atoms with Gasteiger partial charge in [0.15, 0.2) is 11.6 Å². The maximum Gasteiger partial charge on any atom is 0.234 e. The van der Waals surface area contributed by atoms with Gasteiger partial charge in [-0.15, -0.1) is 0 Å². The number of imidazole rings is 1. The van der Waals surface area contributed by atoms with Crippen LogP contribution in [-0.2, 0) is 0 Å². The van der Waals surface area contributed by atoms with Crippen LogP contribution in [0, 0.1) is 25.5 Å². The number of rotatable bonds is 1. The van der Waals surface area contributed by atoms with Crippen LogP contribution >= 0.6 is 15.9 Å². The minimum Gasteiger partial charge on any atom is -0.287 e. The lowest BCUT2D eigenvalue weighted by Crippen LogP contribution is -1.97. The predicted octanol–water partition coefficient (Wildman–Crippen LogP) is 4.05. The number of aromatic nitrogens is 3.